The molecule has 4 aromatic rings. The number of methoxy groups -OCH3 is 1. The molecule has 0 bridgehead atoms. The number of ether oxygens (including phenoxy) is 1. The van der Waals surface area contributed by atoms with Gasteiger partial charge < -0.3 is 24.4 Å². The Morgan fingerprint density at radius 2 is 1.78 bits per heavy atom. The average molecular weight is 482 g/mol. The van der Waals surface area contributed by atoms with Crippen molar-refractivity contribution in [2.75, 3.05) is 63.2 Å². The first kappa shape index (κ1) is 22.9. The number of nitrogens with zero attached hydrogens (tertiary/aromatic N) is 4. The second-order valence-corrected chi connectivity index (χ2v) is 10.1. The van der Waals surface area contributed by atoms with Crippen molar-refractivity contribution in [3.05, 3.63) is 71.4 Å². The summed E-state index contributed by atoms with van der Waals surface area (Å²) in [7, 11) is 3.93. The Bertz CT molecular complexity index is 1370. The van der Waals surface area contributed by atoms with Crippen LogP contribution in [0, 0.1) is 6.92 Å². The van der Waals surface area contributed by atoms with Crippen molar-refractivity contribution in [3.8, 4) is 17.1 Å². The van der Waals surface area contributed by atoms with Crippen molar-refractivity contribution in [2.24, 2.45) is 0 Å². The number of aromatic amines is 1. The van der Waals surface area contributed by atoms with Crippen LogP contribution in [0.2, 0.25) is 0 Å². The molecular weight excluding hydrogens is 446 g/mol. The van der Waals surface area contributed by atoms with Gasteiger partial charge >= 0.3 is 0 Å². The highest BCUT2D eigenvalue weighted by Crippen LogP contribution is 2.44. The number of aromatic nitrogens is 2. The Morgan fingerprint density at radius 1 is 0.972 bits per heavy atom. The fourth-order valence-electron chi connectivity index (χ4n) is 5.75. The molecule has 1 N–H and O–H groups in total. The topological polar surface area (TPSA) is 47.6 Å². The Morgan fingerprint density at radius 3 is 2.56 bits per heavy atom. The van der Waals surface area contributed by atoms with E-state index in [1.165, 1.54) is 33.4 Å². The van der Waals surface area contributed by atoms with Gasteiger partial charge in [0, 0.05) is 61.6 Å². The highest BCUT2D eigenvalue weighted by molar-refractivity contribution is 5.97. The second kappa shape index (κ2) is 9.51. The number of rotatable bonds is 5. The van der Waals surface area contributed by atoms with E-state index in [1.807, 2.05) is 0 Å². The fraction of sp³-hybridized carbons (Fsp3) is 0.367. The van der Waals surface area contributed by atoms with Crippen LogP contribution in [0.1, 0.15) is 16.8 Å². The summed E-state index contributed by atoms with van der Waals surface area (Å²) in [6, 6.07) is 19.9. The lowest BCUT2D eigenvalue weighted by molar-refractivity contribution is 0.313. The highest BCUT2D eigenvalue weighted by atomic mass is 16.5. The summed E-state index contributed by atoms with van der Waals surface area (Å²) in [5, 5.41) is 1.31. The summed E-state index contributed by atoms with van der Waals surface area (Å²) in [5.41, 5.74) is 9.65. The van der Waals surface area contributed by atoms with Crippen LogP contribution in [0.5, 0.6) is 5.88 Å². The molecule has 1 fully saturated rings. The number of piperazine rings is 1. The monoisotopic (exact) mass is 481 g/mol. The largest absolute Gasteiger partial charge is 0.480 e. The van der Waals surface area contributed by atoms with Crippen molar-refractivity contribution >= 4 is 22.3 Å². The quantitative estimate of drug-likeness (QED) is 0.439. The van der Waals surface area contributed by atoms with Gasteiger partial charge in [-0.3, -0.25) is 0 Å². The molecule has 4 heterocycles. The molecule has 0 aliphatic carbocycles. The first-order valence-corrected chi connectivity index (χ1v) is 13.0. The smallest absolute Gasteiger partial charge is 0.224 e. The first-order chi connectivity index (χ1) is 17.6. The van der Waals surface area contributed by atoms with E-state index in [9.17, 15) is 0 Å². The van der Waals surface area contributed by atoms with Crippen molar-refractivity contribution < 1.29 is 4.74 Å². The Kier molecular flexibility index (Phi) is 6.05. The molecule has 0 spiro atoms. The van der Waals surface area contributed by atoms with Gasteiger partial charge in [-0.25, -0.2) is 4.98 Å². The molecule has 0 saturated carbocycles. The predicted molar refractivity (Wildman–Crippen MR) is 149 cm³/mol. The molecule has 36 heavy (non-hydrogen) atoms. The summed E-state index contributed by atoms with van der Waals surface area (Å²) in [4.78, 5) is 16.0. The van der Waals surface area contributed by atoms with Gasteiger partial charge in [0.25, 0.3) is 0 Å². The minimum absolute atomic E-state index is 0.698. The van der Waals surface area contributed by atoms with Gasteiger partial charge in [-0.2, -0.15) is 0 Å². The number of nitrogens with one attached hydrogen (secondary N) is 1. The Labute approximate surface area is 213 Å². The molecule has 0 amide bonds. The molecule has 2 aromatic heterocycles. The lowest BCUT2D eigenvalue weighted by Crippen LogP contribution is -2.44. The summed E-state index contributed by atoms with van der Waals surface area (Å²) in [6.07, 6.45) is 1.99. The third-order valence-electron chi connectivity index (χ3n) is 7.78. The summed E-state index contributed by atoms with van der Waals surface area (Å²) in [6.45, 7) is 8.32. The summed E-state index contributed by atoms with van der Waals surface area (Å²) in [5.74, 6) is 0.698. The zero-order valence-corrected chi connectivity index (χ0v) is 21.6. The molecule has 2 aromatic carbocycles. The SMILES string of the molecule is COc1nc(C)cc2c1-c1[nH]c3cc(N4CCN(C)CC4)ccc3c1CCN2CCc1ccccc1. The molecule has 1 saturated heterocycles. The Balaban J connectivity index is 1.40. The summed E-state index contributed by atoms with van der Waals surface area (Å²) < 4.78 is 5.87. The van der Waals surface area contributed by atoms with Crippen LogP contribution < -0.4 is 14.5 Å². The molecule has 186 valence electrons. The van der Waals surface area contributed by atoms with E-state index in [0.717, 1.165) is 69.1 Å². The molecule has 6 rings (SSSR count). The Hall–Kier alpha value is -3.51. The highest BCUT2D eigenvalue weighted by Gasteiger charge is 2.28. The minimum Gasteiger partial charge on any atom is -0.480 e. The number of hydrogen-bond donors (Lipinski definition) is 1. The molecule has 2 aliphatic heterocycles. The molecule has 6 heteroatoms. The van der Waals surface area contributed by atoms with Crippen LogP contribution in [0.15, 0.2) is 54.6 Å². The standard InChI is InChI=1S/C30H35N5O/c1-21-19-27-28(30(31-21)36-3)29-25(12-14-35(27)13-11-22-7-5-4-6-8-22)24-10-9-23(20-26(24)32-29)34-17-15-33(2)16-18-34/h4-10,19-20,32H,11-18H2,1-3H3. The predicted octanol–water partition coefficient (Wildman–Crippen LogP) is 4.90. The number of benzene rings is 2. The van der Waals surface area contributed by atoms with Gasteiger partial charge in [-0.15, -0.1) is 0 Å². The van der Waals surface area contributed by atoms with E-state index in [1.54, 1.807) is 7.11 Å². The van der Waals surface area contributed by atoms with E-state index in [2.05, 4.69) is 88.3 Å². The number of aryl methyl sites for hydroxylation is 1. The zero-order valence-electron chi connectivity index (χ0n) is 21.6. The van der Waals surface area contributed by atoms with E-state index in [4.69, 9.17) is 9.72 Å². The number of H-pyrrole nitrogens is 1. The normalized spacial score (nSPS) is 16.1. The minimum atomic E-state index is 0.698. The van der Waals surface area contributed by atoms with Crippen molar-refractivity contribution in [1.82, 2.24) is 14.9 Å². The molecule has 0 unspecified atom stereocenters. The van der Waals surface area contributed by atoms with Crippen molar-refractivity contribution in [2.45, 2.75) is 19.8 Å². The van der Waals surface area contributed by atoms with Gasteiger partial charge in [0.1, 0.15) is 0 Å². The van der Waals surface area contributed by atoms with Gasteiger partial charge in [0.05, 0.1) is 24.1 Å². The van der Waals surface area contributed by atoms with E-state index in [0.29, 0.717) is 5.88 Å². The van der Waals surface area contributed by atoms with Gasteiger partial charge in [-0.05, 0) is 56.1 Å². The van der Waals surface area contributed by atoms with Crippen LogP contribution >= 0.6 is 0 Å². The van der Waals surface area contributed by atoms with E-state index < -0.39 is 0 Å². The number of fused-ring (bicyclic) bond motifs is 5. The van der Waals surface area contributed by atoms with E-state index >= 15 is 0 Å². The third kappa shape index (κ3) is 4.20. The van der Waals surface area contributed by atoms with Crippen molar-refractivity contribution in [3.63, 3.8) is 0 Å². The van der Waals surface area contributed by atoms with Crippen LogP contribution in [-0.4, -0.2) is 68.3 Å². The maximum absolute atomic E-state index is 5.87. The fourth-order valence-corrected chi connectivity index (χ4v) is 5.75. The molecule has 2 aliphatic rings. The summed E-state index contributed by atoms with van der Waals surface area (Å²) >= 11 is 0. The maximum Gasteiger partial charge on any atom is 0.224 e. The van der Waals surface area contributed by atoms with E-state index in [-0.39, 0.29) is 0 Å². The number of hydrogen-bond acceptors (Lipinski definition) is 5. The van der Waals surface area contributed by atoms with Crippen LogP contribution in [0.25, 0.3) is 22.2 Å². The molecular formula is C30H35N5O. The first-order valence-electron chi connectivity index (χ1n) is 13.0. The lowest BCUT2D eigenvalue weighted by Gasteiger charge is -2.34. The number of pyridine rings is 1. The van der Waals surface area contributed by atoms with Crippen LogP contribution in [-0.2, 0) is 12.8 Å². The zero-order chi connectivity index (χ0) is 24.6. The second-order valence-electron chi connectivity index (χ2n) is 10.1. The number of anilines is 2. The van der Waals surface area contributed by atoms with Crippen LogP contribution in [0.4, 0.5) is 11.4 Å². The van der Waals surface area contributed by atoms with Gasteiger partial charge in [0.15, 0.2) is 0 Å². The van der Waals surface area contributed by atoms with Gasteiger partial charge in [0.2, 0.25) is 5.88 Å². The molecule has 0 atom stereocenters. The maximum atomic E-state index is 5.87. The number of likely N-dealkylation sites (N-methyl/N-ethyl adjacent to an activating group) is 1. The third-order valence-corrected chi connectivity index (χ3v) is 7.78. The van der Waals surface area contributed by atoms with Gasteiger partial charge in [-0.1, -0.05) is 36.4 Å². The lowest BCUT2D eigenvalue weighted by atomic mass is 10.0. The molecule has 0 radical (unpaired) electrons. The molecule has 6 nitrogen and oxygen atoms in total. The average Bonchev–Trinajstić information content (AvgIpc) is 3.18. The van der Waals surface area contributed by atoms with Crippen molar-refractivity contribution in [1.29, 1.82) is 0 Å². The van der Waals surface area contributed by atoms with Crippen LogP contribution in [0.3, 0.4) is 0 Å².